The highest BCUT2D eigenvalue weighted by molar-refractivity contribution is 7.80. The van der Waals surface area contributed by atoms with Crippen LogP contribution in [0, 0.1) is 0 Å². The summed E-state index contributed by atoms with van der Waals surface area (Å²) in [5.74, 6) is -0.456. The van der Waals surface area contributed by atoms with Crippen molar-refractivity contribution in [3.63, 3.8) is 0 Å². The lowest BCUT2D eigenvalue weighted by Gasteiger charge is -2.12. The maximum atomic E-state index is 11.9. The standard InChI is InChI=1S/C15H12Cl2N2O2S/c16-10-7-11(17)14(21)12(8-10)18-15(22)19-13(20)6-9-4-2-1-3-5-9/h1-5,7-8,21H,6H2,(H2,18,19,20,22). The number of hydrogen-bond donors (Lipinski definition) is 3. The lowest BCUT2D eigenvalue weighted by Crippen LogP contribution is -2.35. The number of phenolic OH excluding ortho intramolecular Hbond substituents is 1. The fourth-order valence-electron chi connectivity index (χ4n) is 1.77. The lowest BCUT2D eigenvalue weighted by atomic mass is 10.1. The summed E-state index contributed by atoms with van der Waals surface area (Å²) in [6.07, 6.45) is 0.199. The van der Waals surface area contributed by atoms with Gasteiger partial charge in [0, 0.05) is 5.02 Å². The Morgan fingerprint density at radius 1 is 1.18 bits per heavy atom. The molecule has 1 amide bonds. The van der Waals surface area contributed by atoms with E-state index in [1.807, 2.05) is 30.3 Å². The smallest absolute Gasteiger partial charge is 0.230 e. The molecular formula is C15H12Cl2N2O2S. The number of thiocarbonyl (C=S) groups is 1. The summed E-state index contributed by atoms with van der Waals surface area (Å²) in [5.41, 5.74) is 1.10. The van der Waals surface area contributed by atoms with Crippen LogP contribution in [0.4, 0.5) is 5.69 Å². The number of rotatable bonds is 3. The predicted molar refractivity (Wildman–Crippen MR) is 92.6 cm³/mol. The Kier molecular flexibility index (Phi) is 5.60. The summed E-state index contributed by atoms with van der Waals surface area (Å²) < 4.78 is 0. The molecule has 7 heteroatoms. The Labute approximate surface area is 143 Å². The highest BCUT2D eigenvalue weighted by Crippen LogP contribution is 2.34. The Morgan fingerprint density at radius 3 is 2.55 bits per heavy atom. The zero-order valence-electron chi connectivity index (χ0n) is 11.3. The molecule has 0 saturated carbocycles. The third-order valence-corrected chi connectivity index (χ3v) is 3.45. The highest BCUT2D eigenvalue weighted by Gasteiger charge is 2.11. The number of hydrogen-bond acceptors (Lipinski definition) is 3. The van der Waals surface area contributed by atoms with Crippen molar-refractivity contribution < 1.29 is 9.90 Å². The fraction of sp³-hybridized carbons (Fsp3) is 0.0667. The molecule has 0 aliphatic rings. The van der Waals surface area contributed by atoms with E-state index in [4.69, 9.17) is 35.4 Å². The molecule has 0 bridgehead atoms. The van der Waals surface area contributed by atoms with Crippen LogP contribution in [-0.2, 0) is 11.2 Å². The van der Waals surface area contributed by atoms with Gasteiger partial charge in [0.2, 0.25) is 5.91 Å². The van der Waals surface area contributed by atoms with E-state index < -0.39 is 0 Å². The summed E-state index contributed by atoms with van der Waals surface area (Å²) in [7, 11) is 0. The van der Waals surface area contributed by atoms with Crippen molar-refractivity contribution in [1.82, 2.24) is 5.32 Å². The van der Waals surface area contributed by atoms with Crippen molar-refractivity contribution in [2.24, 2.45) is 0 Å². The molecule has 0 unspecified atom stereocenters. The summed E-state index contributed by atoms with van der Waals surface area (Å²) >= 11 is 16.7. The monoisotopic (exact) mass is 354 g/mol. The van der Waals surface area contributed by atoms with Gasteiger partial charge in [-0.15, -0.1) is 0 Å². The molecule has 0 radical (unpaired) electrons. The Hall–Kier alpha value is -1.82. The minimum atomic E-state index is -0.267. The van der Waals surface area contributed by atoms with E-state index in [2.05, 4.69) is 10.6 Å². The van der Waals surface area contributed by atoms with Gasteiger partial charge in [-0.25, -0.2) is 0 Å². The molecule has 0 atom stereocenters. The number of benzene rings is 2. The highest BCUT2D eigenvalue weighted by atomic mass is 35.5. The van der Waals surface area contributed by atoms with Crippen LogP contribution in [0.5, 0.6) is 5.75 Å². The molecule has 22 heavy (non-hydrogen) atoms. The van der Waals surface area contributed by atoms with E-state index in [0.29, 0.717) is 5.02 Å². The summed E-state index contributed by atoms with van der Waals surface area (Å²) in [6.45, 7) is 0. The van der Waals surface area contributed by atoms with Gasteiger partial charge >= 0.3 is 0 Å². The molecule has 0 aromatic heterocycles. The van der Waals surface area contributed by atoms with Crippen molar-refractivity contribution in [2.45, 2.75) is 6.42 Å². The van der Waals surface area contributed by atoms with Crippen LogP contribution in [0.25, 0.3) is 0 Å². The van der Waals surface area contributed by atoms with Crippen LogP contribution in [0.1, 0.15) is 5.56 Å². The molecule has 0 spiro atoms. The van der Waals surface area contributed by atoms with Gasteiger partial charge in [-0.05, 0) is 29.9 Å². The third kappa shape index (κ3) is 4.59. The quantitative estimate of drug-likeness (QED) is 0.580. The van der Waals surface area contributed by atoms with Crippen molar-refractivity contribution in [3.05, 3.63) is 58.1 Å². The third-order valence-electron chi connectivity index (χ3n) is 2.74. The van der Waals surface area contributed by atoms with Gasteiger partial charge in [0.1, 0.15) is 0 Å². The van der Waals surface area contributed by atoms with Crippen LogP contribution in [-0.4, -0.2) is 16.1 Å². The summed E-state index contributed by atoms with van der Waals surface area (Å²) in [5, 5.41) is 15.5. The van der Waals surface area contributed by atoms with E-state index in [1.165, 1.54) is 12.1 Å². The van der Waals surface area contributed by atoms with Gasteiger partial charge in [0.25, 0.3) is 0 Å². The number of aromatic hydroxyl groups is 1. The van der Waals surface area contributed by atoms with Crippen molar-refractivity contribution in [2.75, 3.05) is 5.32 Å². The molecule has 0 aliphatic heterocycles. The number of carbonyl (C=O) groups excluding carboxylic acids is 1. The first kappa shape index (κ1) is 16.5. The minimum absolute atomic E-state index is 0.0505. The van der Waals surface area contributed by atoms with E-state index >= 15 is 0 Å². The van der Waals surface area contributed by atoms with Gasteiger partial charge in [-0.3, -0.25) is 4.79 Å². The number of amides is 1. The second-order valence-electron chi connectivity index (χ2n) is 4.45. The van der Waals surface area contributed by atoms with E-state index in [1.54, 1.807) is 0 Å². The minimum Gasteiger partial charge on any atom is -0.504 e. The molecule has 2 aromatic rings. The summed E-state index contributed by atoms with van der Waals surface area (Å²) in [6, 6.07) is 12.1. The maximum Gasteiger partial charge on any atom is 0.230 e. The number of nitrogens with one attached hydrogen (secondary N) is 2. The molecule has 4 nitrogen and oxygen atoms in total. The maximum absolute atomic E-state index is 11.9. The first-order valence-electron chi connectivity index (χ1n) is 6.28. The Balaban J connectivity index is 1.97. The second kappa shape index (κ2) is 7.45. The van der Waals surface area contributed by atoms with E-state index in [-0.39, 0.29) is 33.9 Å². The van der Waals surface area contributed by atoms with Crippen molar-refractivity contribution >= 4 is 52.1 Å². The molecule has 114 valence electrons. The fourth-order valence-corrected chi connectivity index (χ4v) is 2.48. The largest absolute Gasteiger partial charge is 0.504 e. The lowest BCUT2D eigenvalue weighted by molar-refractivity contribution is -0.119. The van der Waals surface area contributed by atoms with Crippen molar-refractivity contribution in [1.29, 1.82) is 0 Å². The van der Waals surface area contributed by atoms with Gasteiger partial charge in [-0.2, -0.15) is 0 Å². The number of carbonyl (C=O) groups is 1. The van der Waals surface area contributed by atoms with E-state index in [9.17, 15) is 9.90 Å². The van der Waals surface area contributed by atoms with Gasteiger partial charge < -0.3 is 15.7 Å². The zero-order valence-corrected chi connectivity index (χ0v) is 13.6. The average Bonchev–Trinajstić information content (AvgIpc) is 2.45. The van der Waals surface area contributed by atoms with Crippen LogP contribution >= 0.6 is 35.4 Å². The van der Waals surface area contributed by atoms with Crippen LogP contribution in [0.3, 0.4) is 0 Å². The molecular weight excluding hydrogens is 343 g/mol. The molecule has 2 rings (SSSR count). The summed E-state index contributed by atoms with van der Waals surface area (Å²) in [4.78, 5) is 11.9. The van der Waals surface area contributed by atoms with Gasteiger partial charge in [-0.1, -0.05) is 53.5 Å². The van der Waals surface area contributed by atoms with E-state index in [0.717, 1.165) is 5.56 Å². The number of halogens is 2. The molecule has 0 aliphatic carbocycles. The SMILES string of the molecule is O=C(Cc1ccccc1)NC(=S)Nc1cc(Cl)cc(Cl)c1O. The first-order chi connectivity index (χ1) is 10.5. The first-order valence-corrected chi connectivity index (χ1v) is 7.45. The Bertz CT molecular complexity index is 708. The molecule has 0 heterocycles. The second-order valence-corrected chi connectivity index (χ2v) is 5.70. The topological polar surface area (TPSA) is 61.4 Å². The molecule has 0 saturated heterocycles. The number of anilines is 1. The normalized spacial score (nSPS) is 10.1. The molecule has 0 fully saturated rings. The predicted octanol–water partition coefficient (Wildman–Crippen LogP) is 3.75. The number of phenols is 1. The van der Waals surface area contributed by atoms with Gasteiger partial charge in [0.05, 0.1) is 17.1 Å². The van der Waals surface area contributed by atoms with Crippen molar-refractivity contribution in [3.8, 4) is 5.75 Å². The average molecular weight is 355 g/mol. The zero-order chi connectivity index (χ0) is 16.1. The van der Waals surface area contributed by atoms with Crippen LogP contribution < -0.4 is 10.6 Å². The Morgan fingerprint density at radius 2 is 1.86 bits per heavy atom. The molecule has 3 N–H and O–H groups in total. The molecule has 2 aromatic carbocycles. The van der Waals surface area contributed by atoms with Crippen LogP contribution in [0.2, 0.25) is 10.0 Å². The van der Waals surface area contributed by atoms with Crippen LogP contribution in [0.15, 0.2) is 42.5 Å². The van der Waals surface area contributed by atoms with Gasteiger partial charge in [0.15, 0.2) is 10.9 Å².